The van der Waals surface area contributed by atoms with Crippen LogP contribution in [0.4, 0.5) is 39.1 Å². The lowest BCUT2D eigenvalue weighted by atomic mass is 10.2. The number of hydrogen-bond acceptors (Lipinski definition) is 9. The number of rotatable bonds is 8. The first-order chi connectivity index (χ1) is 18.5. The number of carbonyl (C=O) groups excluding carboxylic acids is 1. The summed E-state index contributed by atoms with van der Waals surface area (Å²) in [4.78, 5) is 30.5. The van der Waals surface area contributed by atoms with Crippen molar-refractivity contribution in [1.29, 1.82) is 0 Å². The molecule has 4 N–H and O–H groups in total. The van der Waals surface area contributed by atoms with Crippen molar-refractivity contribution in [3.8, 4) is 17.0 Å². The van der Waals surface area contributed by atoms with E-state index >= 15 is 0 Å². The number of aryl methyl sites for hydroxylation is 1. The largest absolute Gasteiger partial charge is 0.497 e. The van der Waals surface area contributed by atoms with Crippen molar-refractivity contribution >= 4 is 51.7 Å². The number of nitrogens with zero attached hydrogens (tertiary/aromatic N) is 4. The Bertz CT molecular complexity index is 1540. The highest BCUT2D eigenvalue weighted by Crippen LogP contribution is 2.27. The number of methoxy groups -OCH3 is 1. The molecule has 0 unspecified atom stereocenters. The number of aromatic nitrogens is 4. The van der Waals surface area contributed by atoms with Crippen molar-refractivity contribution in [1.82, 2.24) is 19.9 Å². The molecule has 190 valence electrons. The Balaban J connectivity index is 1.38. The van der Waals surface area contributed by atoms with Crippen molar-refractivity contribution in [3.05, 3.63) is 89.8 Å². The maximum Gasteiger partial charge on any atom is 0.326 e. The van der Waals surface area contributed by atoms with E-state index in [0.717, 1.165) is 28.3 Å². The molecule has 0 aliphatic heterocycles. The smallest absolute Gasteiger partial charge is 0.326 e. The number of urea groups is 1. The minimum Gasteiger partial charge on any atom is -0.497 e. The van der Waals surface area contributed by atoms with E-state index in [1.807, 2.05) is 85.1 Å². The van der Waals surface area contributed by atoms with E-state index in [1.54, 1.807) is 13.2 Å². The van der Waals surface area contributed by atoms with Crippen LogP contribution in [0.1, 0.15) is 5.56 Å². The van der Waals surface area contributed by atoms with Crippen molar-refractivity contribution in [2.45, 2.75) is 6.92 Å². The molecular weight excluding hydrogens is 500 g/mol. The normalized spacial score (nSPS) is 10.5. The van der Waals surface area contributed by atoms with Crippen LogP contribution in [0.5, 0.6) is 5.75 Å². The number of anilines is 6. The lowest BCUT2D eigenvalue weighted by Gasteiger charge is -2.11. The van der Waals surface area contributed by atoms with Gasteiger partial charge in [-0.2, -0.15) is 15.0 Å². The van der Waals surface area contributed by atoms with E-state index in [-0.39, 0.29) is 17.8 Å². The molecule has 5 aromatic rings. The van der Waals surface area contributed by atoms with Gasteiger partial charge in [-0.3, -0.25) is 10.6 Å². The second-order valence-corrected chi connectivity index (χ2v) is 9.00. The van der Waals surface area contributed by atoms with Gasteiger partial charge in [-0.1, -0.05) is 42.5 Å². The average molecular weight is 525 g/mol. The molecule has 0 aliphatic rings. The zero-order chi connectivity index (χ0) is 26.3. The molecule has 2 amide bonds. The van der Waals surface area contributed by atoms with Crippen molar-refractivity contribution in [2.75, 3.05) is 28.4 Å². The van der Waals surface area contributed by atoms with Crippen LogP contribution in [-0.2, 0) is 0 Å². The molecule has 5 rings (SSSR count). The van der Waals surface area contributed by atoms with Gasteiger partial charge in [0.05, 0.1) is 12.8 Å². The topological polar surface area (TPSA) is 126 Å². The fourth-order valence-electron chi connectivity index (χ4n) is 3.50. The first-order valence-corrected chi connectivity index (χ1v) is 12.5. The lowest BCUT2D eigenvalue weighted by molar-refractivity contribution is 0.262. The van der Waals surface area contributed by atoms with Gasteiger partial charge in [0.15, 0.2) is 5.13 Å². The summed E-state index contributed by atoms with van der Waals surface area (Å²) in [5.41, 5.74) is 4.25. The van der Waals surface area contributed by atoms with Crippen molar-refractivity contribution in [3.63, 3.8) is 0 Å². The molecule has 0 fully saturated rings. The SMILES string of the molecule is COc1ccc(Nc2nc(NC(=O)Nc3cccc(C)c3)nc(Nc3nc(-c4ccccc4)cs3)n2)cc1. The fourth-order valence-corrected chi connectivity index (χ4v) is 4.22. The van der Waals surface area contributed by atoms with E-state index < -0.39 is 6.03 Å². The molecule has 0 atom stereocenters. The molecule has 38 heavy (non-hydrogen) atoms. The van der Waals surface area contributed by atoms with Gasteiger partial charge in [-0.15, -0.1) is 11.3 Å². The van der Waals surface area contributed by atoms with Crippen LogP contribution in [0.25, 0.3) is 11.3 Å². The fraction of sp³-hybridized carbons (Fsp3) is 0.0741. The average Bonchev–Trinajstić information content (AvgIpc) is 3.38. The van der Waals surface area contributed by atoms with Crippen LogP contribution >= 0.6 is 11.3 Å². The minimum absolute atomic E-state index is 0.0588. The second kappa shape index (κ2) is 11.4. The van der Waals surface area contributed by atoms with Gasteiger partial charge in [0.1, 0.15) is 5.75 Å². The number of ether oxygens (including phenoxy) is 1. The third kappa shape index (κ3) is 6.39. The predicted octanol–water partition coefficient (Wildman–Crippen LogP) is 6.44. The molecule has 10 nitrogen and oxygen atoms in total. The van der Waals surface area contributed by atoms with E-state index in [2.05, 4.69) is 41.2 Å². The lowest BCUT2D eigenvalue weighted by Crippen LogP contribution is -2.21. The third-order valence-corrected chi connectivity index (χ3v) is 6.03. The summed E-state index contributed by atoms with van der Waals surface area (Å²) in [5, 5.41) is 14.3. The van der Waals surface area contributed by atoms with Crippen LogP contribution in [0.3, 0.4) is 0 Å². The third-order valence-electron chi connectivity index (χ3n) is 5.28. The highest BCUT2D eigenvalue weighted by atomic mass is 32.1. The summed E-state index contributed by atoms with van der Waals surface area (Å²) in [6.45, 7) is 1.95. The molecule has 0 saturated carbocycles. The maximum absolute atomic E-state index is 12.7. The maximum atomic E-state index is 12.7. The highest BCUT2D eigenvalue weighted by Gasteiger charge is 2.13. The Morgan fingerprint density at radius 3 is 2.24 bits per heavy atom. The molecule has 3 aromatic carbocycles. The predicted molar refractivity (Wildman–Crippen MR) is 151 cm³/mol. The summed E-state index contributed by atoms with van der Waals surface area (Å²) in [5.74, 6) is 1.24. The van der Waals surface area contributed by atoms with Crippen LogP contribution in [0.15, 0.2) is 84.2 Å². The summed E-state index contributed by atoms with van der Waals surface area (Å²) in [6.07, 6.45) is 0. The zero-order valence-corrected chi connectivity index (χ0v) is 21.4. The van der Waals surface area contributed by atoms with Gasteiger partial charge < -0.3 is 15.4 Å². The minimum atomic E-state index is -0.483. The molecule has 0 bridgehead atoms. The van der Waals surface area contributed by atoms with Crippen LogP contribution < -0.4 is 26.0 Å². The number of hydrogen-bond donors (Lipinski definition) is 4. The summed E-state index contributed by atoms with van der Waals surface area (Å²) in [7, 11) is 1.61. The van der Waals surface area contributed by atoms with E-state index in [0.29, 0.717) is 10.8 Å². The quantitative estimate of drug-likeness (QED) is 0.183. The Morgan fingerprint density at radius 1 is 0.763 bits per heavy atom. The first-order valence-electron chi connectivity index (χ1n) is 11.6. The van der Waals surface area contributed by atoms with Crippen LogP contribution in [-0.4, -0.2) is 33.1 Å². The highest BCUT2D eigenvalue weighted by molar-refractivity contribution is 7.14. The van der Waals surface area contributed by atoms with Crippen LogP contribution in [0.2, 0.25) is 0 Å². The Hall–Kier alpha value is -5.03. The number of nitrogens with one attached hydrogen (secondary N) is 4. The zero-order valence-electron chi connectivity index (χ0n) is 20.6. The van der Waals surface area contributed by atoms with Gasteiger partial charge in [0.2, 0.25) is 17.8 Å². The van der Waals surface area contributed by atoms with E-state index in [9.17, 15) is 4.79 Å². The van der Waals surface area contributed by atoms with Gasteiger partial charge in [0, 0.05) is 22.3 Å². The van der Waals surface area contributed by atoms with Crippen molar-refractivity contribution < 1.29 is 9.53 Å². The molecule has 2 heterocycles. The first kappa shape index (κ1) is 24.7. The molecule has 2 aromatic heterocycles. The van der Waals surface area contributed by atoms with Gasteiger partial charge in [0.25, 0.3) is 0 Å². The monoisotopic (exact) mass is 524 g/mol. The Labute approximate surface area is 223 Å². The number of amides is 2. The van der Waals surface area contributed by atoms with Gasteiger partial charge in [-0.05, 0) is 48.9 Å². The van der Waals surface area contributed by atoms with E-state index in [1.165, 1.54) is 11.3 Å². The van der Waals surface area contributed by atoms with Crippen molar-refractivity contribution in [2.24, 2.45) is 0 Å². The number of benzene rings is 3. The molecule has 0 aliphatic carbocycles. The Morgan fingerprint density at radius 2 is 1.50 bits per heavy atom. The second-order valence-electron chi connectivity index (χ2n) is 8.14. The number of carbonyl (C=O) groups is 1. The van der Waals surface area contributed by atoms with Gasteiger partial charge >= 0.3 is 6.03 Å². The molecule has 0 spiro atoms. The molecule has 11 heteroatoms. The standard InChI is InChI=1S/C27H24N8O2S/c1-17-7-6-10-20(15-17)29-26(36)34-24-31-23(28-19-11-13-21(37-2)14-12-19)32-25(33-24)35-27-30-22(16-38-27)18-8-4-3-5-9-18/h3-16H,1-2H3,(H4,28,29,30,31,32,33,34,35,36). The summed E-state index contributed by atoms with van der Waals surface area (Å²) in [6, 6.07) is 24.2. The Kier molecular flexibility index (Phi) is 7.37. The van der Waals surface area contributed by atoms with Crippen LogP contribution in [0, 0.1) is 6.92 Å². The molecular formula is C27H24N8O2S. The molecule has 0 radical (unpaired) electrons. The summed E-state index contributed by atoms with van der Waals surface area (Å²) < 4.78 is 5.22. The summed E-state index contributed by atoms with van der Waals surface area (Å²) >= 11 is 1.42. The molecule has 0 saturated heterocycles. The number of thiazole rings is 1. The van der Waals surface area contributed by atoms with E-state index in [4.69, 9.17) is 4.74 Å². The van der Waals surface area contributed by atoms with Gasteiger partial charge in [-0.25, -0.2) is 9.78 Å².